The second-order valence-corrected chi connectivity index (χ2v) is 5.09. The third-order valence-corrected chi connectivity index (χ3v) is 4.04. The van der Waals surface area contributed by atoms with Gasteiger partial charge in [-0.05, 0) is 54.5 Å². The van der Waals surface area contributed by atoms with Gasteiger partial charge in [0, 0.05) is 5.92 Å². The highest BCUT2D eigenvalue weighted by molar-refractivity contribution is 5.49. The van der Waals surface area contributed by atoms with Crippen molar-refractivity contribution in [2.75, 3.05) is 0 Å². The zero-order chi connectivity index (χ0) is 11.8. The van der Waals surface area contributed by atoms with E-state index in [1.54, 1.807) is 11.1 Å². The first-order chi connectivity index (χ1) is 8.27. The predicted molar refractivity (Wildman–Crippen MR) is 72.5 cm³/mol. The zero-order valence-electron chi connectivity index (χ0n) is 10.5. The average molecular weight is 222 g/mol. The molecule has 0 N–H and O–H groups in total. The van der Waals surface area contributed by atoms with Crippen LogP contribution in [0.25, 0.3) is 0 Å². The highest BCUT2D eigenvalue weighted by atomic mass is 14.3. The van der Waals surface area contributed by atoms with Crippen molar-refractivity contribution >= 4 is 0 Å². The van der Waals surface area contributed by atoms with Crippen LogP contribution in [0.5, 0.6) is 0 Å². The molecule has 3 rings (SSSR count). The van der Waals surface area contributed by atoms with E-state index in [-0.39, 0.29) is 0 Å². The van der Waals surface area contributed by atoms with Crippen LogP contribution in [0.2, 0.25) is 0 Å². The summed E-state index contributed by atoms with van der Waals surface area (Å²) in [6.07, 6.45) is 2.51. The standard InChI is InChI=1S/C17H18/c1-12-8-9-13(2)17-15(12)10-11-16(17)14-6-4-3-5-7-14/h3-9,16H,10-11H2,1-2H3. The van der Waals surface area contributed by atoms with Crippen LogP contribution in [-0.4, -0.2) is 0 Å². The van der Waals surface area contributed by atoms with Crippen LogP contribution in [0.1, 0.15) is 40.2 Å². The molecule has 1 aliphatic carbocycles. The minimum Gasteiger partial charge on any atom is -0.0622 e. The van der Waals surface area contributed by atoms with Crippen LogP contribution in [0.4, 0.5) is 0 Å². The minimum absolute atomic E-state index is 0.617. The second kappa shape index (κ2) is 4.03. The molecular weight excluding hydrogens is 204 g/mol. The lowest BCUT2D eigenvalue weighted by Crippen LogP contribution is -1.99. The molecule has 0 bridgehead atoms. The Labute approximate surface area is 103 Å². The molecule has 2 aromatic carbocycles. The Bertz CT molecular complexity index is 537. The molecule has 0 saturated carbocycles. The fourth-order valence-corrected chi connectivity index (χ4v) is 3.16. The van der Waals surface area contributed by atoms with Gasteiger partial charge in [-0.25, -0.2) is 0 Å². The van der Waals surface area contributed by atoms with Gasteiger partial charge in [0.15, 0.2) is 0 Å². The SMILES string of the molecule is Cc1ccc(C)c2c1CCC2c1ccccc1. The van der Waals surface area contributed by atoms with Gasteiger partial charge in [0.1, 0.15) is 0 Å². The first kappa shape index (κ1) is 10.6. The maximum atomic E-state index is 2.27. The molecular formula is C17H18. The van der Waals surface area contributed by atoms with Crippen molar-refractivity contribution in [3.8, 4) is 0 Å². The van der Waals surface area contributed by atoms with Gasteiger partial charge < -0.3 is 0 Å². The average Bonchev–Trinajstić information content (AvgIpc) is 2.81. The number of rotatable bonds is 1. The van der Waals surface area contributed by atoms with Crippen LogP contribution in [-0.2, 0) is 6.42 Å². The molecule has 0 radical (unpaired) electrons. The first-order valence-electron chi connectivity index (χ1n) is 6.41. The van der Waals surface area contributed by atoms with E-state index in [1.165, 1.54) is 29.5 Å². The minimum atomic E-state index is 0.617. The van der Waals surface area contributed by atoms with Gasteiger partial charge in [-0.3, -0.25) is 0 Å². The van der Waals surface area contributed by atoms with Crippen LogP contribution in [0.3, 0.4) is 0 Å². The molecule has 0 saturated heterocycles. The number of aryl methyl sites for hydroxylation is 2. The monoisotopic (exact) mass is 222 g/mol. The molecule has 0 fully saturated rings. The van der Waals surface area contributed by atoms with Crippen molar-refractivity contribution in [3.05, 3.63) is 70.3 Å². The van der Waals surface area contributed by atoms with Gasteiger partial charge in [0.25, 0.3) is 0 Å². The summed E-state index contributed by atoms with van der Waals surface area (Å²) in [4.78, 5) is 0. The third-order valence-electron chi connectivity index (χ3n) is 4.04. The van der Waals surface area contributed by atoms with Crippen molar-refractivity contribution in [1.29, 1.82) is 0 Å². The van der Waals surface area contributed by atoms with Crippen molar-refractivity contribution in [3.63, 3.8) is 0 Å². The maximum absolute atomic E-state index is 2.27. The molecule has 0 heterocycles. The Morgan fingerprint density at radius 1 is 0.882 bits per heavy atom. The number of hydrogen-bond acceptors (Lipinski definition) is 0. The lowest BCUT2D eigenvalue weighted by atomic mass is 9.89. The Hall–Kier alpha value is -1.56. The third kappa shape index (κ3) is 1.68. The topological polar surface area (TPSA) is 0 Å². The fourth-order valence-electron chi connectivity index (χ4n) is 3.16. The van der Waals surface area contributed by atoms with E-state index in [0.717, 1.165) is 0 Å². The molecule has 0 heteroatoms. The molecule has 0 nitrogen and oxygen atoms in total. The molecule has 1 atom stereocenters. The first-order valence-corrected chi connectivity index (χ1v) is 6.41. The van der Waals surface area contributed by atoms with Gasteiger partial charge in [-0.1, -0.05) is 42.5 Å². The van der Waals surface area contributed by atoms with Crippen LogP contribution in [0.15, 0.2) is 42.5 Å². The number of benzene rings is 2. The van der Waals surface area contributed by atoms with Gasteiger partial charge in [-0.2, -0.15) is 0 Å². The summed E-state index contributed by atoms with van der Waals surface area (Å²) in [6.45, 7) is 4.49. The normalized spacial score (nSPS) is 18.1. The second-order valence-electron chi connectivity index (χ2n) is 5.09. The summed E-state index contributed by atoms with van der Waals surface area (Å²) in [6, 6.07) is 15.5. The maximum Gasteiger partial charge on any atom is 0.00979 e. The Balaban J connectivity index is 2.13. The summed E-state index contributed by atoms with van der Waals surface area (Å²) >= 11 is 0. The molecule has 1 unspecified atom stereocenters. The summed E-state index contributed by atoms with van der Waals surface area (Å²) in [5.74, 6) is 0.617. The van der Waals surface area contributed by atoms with E-state index in [9.17, 15) is 0 Å². The fraction of sp³-hybridized carbons (Fsp3) is 0.294. The van der Waals surface area contributed by atoms with Gasteiger partial charge in [-0.15, -0.1) is 0 Å². The molecule has 0 spiro atoms. The van der Waals surface area contributed by atoms with E-state index in [1.807, 2.05) is 0 Å². The smallest absolute Gasteiger partial charge is 0.00979 e. The Morgan fingerprint density at radius 3 is 2.35 bits per heavy atom. The molecule has 0 aromatic heterocycles. The summed E-state index contributed by atoms with van der Waals surface area (Å²) < 4.78 is 0. The lowest BCUT2D eigenvalue weighted by Gasteiger charge is -2.15. The Morgan fingerprint density at radius 2 is 1.59 bits per heavy atom. The number of fused-ring (bicyclic) bond motifs is 1. The van der Waals surface area contributed by atoms with E-state index in [2.05, 4.69) is 56.3 Å². The summed E-state index contributed by atoms with van der Waals surface area (Å²) in [5.41, 5.74) is 7.58. The van der Waals surface area contributed by atoms with Gasteiger partial charge >= 0.3 is 0 Å². The van der Waals surface area contributed by atoms with E-state index in [4.69, 9.17) is 0 Å². The van der Waals surface area contributed by atoms with Gasteiger partial charge in [0.05, 0.1) is 0 Å². The van der Waals surface area contributed by atoms with Crippen molar-refractivity contribution < 1.29 is 0 Å². The lowest BCUT2D eigenvalue weighted by molar-refractivity contribution is 0.784. The van der Waals surface area contributed by atoms with Crippen molar-refractivity contribution in [2.24, 2.45) is 0 Å². The number of hydrogen-bond donors (Lipinski definition) is 0. The molecule has 0 amide bonds. The molecule has 0 aliphatic heterocycles. The van der Waals surface area contributed by atoms with Crippen molar-refractivity contribution in [2.45, 2.75) is 32.6 Å². The van der Waals surface area contributed by atoms with E-state index in [0.29, 0.717) is 5.92 Å². The Kier molecular flexibility index (Phi) is 2.51. The van der Waals surface area contributed by atoms with Crippen molar-refractivity contribution in [1.82, 2.24) is 0 Å². The molecule has 17 heavy (non-hydrogen) atoms. The highest BCUT2D eigenvalue weighted by Gasteiger charge is 2.26. The molecule has 86 valence electrons. The quantitative estimate of drug-likeness (QED) is 0.671. The van der Waals surface area contributed by atoms with E-state index < -0.39 is 0 Å². The van der Waals surface area contributed by atoms with Gasteiger partial charge in [0.2, 0.25) is 0 Å². The van der Waals surface area contributed by atoms with E-state index >= 15 is 0 Å². The summed E-state index contributed by atoms with van der Waals surface area (Å²) in [7, 11) is 0. The van der Waals surface area contributed by atoms with Crippen LogP contribution in [0, 0.1) is 13.8 Å². The van der Waals surface area contributed by atoms with Crippen LogP contribution < -0.4 is 0 Å². The molecule has 1 aliphatic rings. The predicted octanol–water partition coefficient (Wildman–Crippen LogP) is 4.38. The van der Waals surface area contributed by atoms with Crippen LogP contribution >= 0.6 is 0 Å². The zero-order valence-corrected chi connectivity index (χ0v) is 10.5. The summed E-state index contributed by atoms with van der Waals surface area (Å²) in [5, 5.41) is 0. The largest absolute Gasteiger partial charge is 0.0622 e. The molecule has 2 aromatic rings. The highest BCUT2D eigenvalue weighted by Crippen LogP contribution is 2.41.